The van der Waals surface area contributed by atoms with Crippen LogP contribution < -0.4 is 5.32 Å². The molecule has 0 aliphatic heterocycles. The molecule has 2 rings (SSSR count). The van der Waals surface area contributed by atoms with Crippen molar-refractivity contribution in [2.45, 2.75) is 26.4 Å². The number of rotatable bonds is 5. The highest BCUT2D eigenvalue weighted by molar-refractivity contribution is 5.20. The first-order valence-corrected chi connectivity index (χ1v) is 6.14. The average molecular weight is 247 g/mol. The Labute approximate surface area is 107 Å². The van der Waals surface area contributed by atoms with Gasteiger partial charge < -0.3 is 9.88 Å². The quantitative estimate of drug-likeness (QED) is 0.880. The molecular weight excluding hydrogens is 229 g/mol. The van der Waals surface area contributed by atoms with E-state index in [4.69, 9.17) is 0 Å². The van der Waals surface area contributed by atoms with Crippen LogP contribution in [-0.4, -0.2) is 16.1 Å². The van der Waals surface area contributed by atoms with Crippen LogP contribution in [0, 0.1) is 12.7 Å². The van der Waals surface area contributed by atoms with Crippen molar-refractivity contribution < 1.29 is 4.39 Å². The van der Waals surface area contributed by atoms with Crippen molar-refractivity contribution in [3.8, 4) is 0 Å². The molecule has 3 nitrogen and oxygen atoms in total. The van der Waals surface area contributed by atoms with E-state index in [9.17, 15) is 4.39 Å². The lowest BCUT2D eigenvalue weighted by Gasteiger charge is -2.15. The van der Waals surface area contributed by atoms with Gasteiger partial charge in [-0.05, 0) is 19.9 Å². The Bertz CT molecular complexity index is 507. The molecule has 1 N–H and O–H groups in total. The van der Waals surface area contributed by atoms with Crippen molar-refractivity contribution in [3.63, 3.8) is 0 Å². The molecule has 0 saturated carbocycles. The minimum absolute atomic E-state index is 0.00928. The zero-order chi connectivity index (χ0) is 13.0. The number of hydrogen-bond acceptors (Lipinski definition) is 2. The van der Waals surface area contributed by atoms with Gasteiger partial charge >= 0.3 is 0 Å². The van der Waals surface area contributed by atoms with E-state index in [1.165, 1.54) is 6.07 Å². The lowest BCUT2D eigenvalue weighted by molar-refractivity contribution is 0.502. The Morgan fingerprint density at radius 3 is 2.83 bits per heavy atom. The summed E-state index contributed by atoms with van der Waals surface area (Å²) in [6, 6.07) is 6.88. The Balaban J connectivity index is 1.87. The van der Waals surface area contributed by atoms with Crippen LogP contribution in [0.3, 0.4) is 0 Å². The second-order valence-corrected chi connectivity index (χ2v) is 4.37. The van der Waals surface area contributed by atoms with Gasteiger partial charge in [-0.15, -0.1) is 0 Å². The lowest BCUT2D eigenvalue weighted by atomic mass is 10.1. The predicted molar refractivity (Wildman–Crippen MR) is 69.8 cm³/mol. The van der Waals surface area contributed by atoms with Crippen molar-refractivity contribution >= 4 is 0 Å². The van der Waals surface area contributed by atoms with Crippen molar-refractivity contribution in [1.82, 2.24) is 14.9 Å². The molecule has 0 aliphatic rings. The third-order valence-corrected chi connectivity index (χ3v) is 3.10. The normalized spacial score (nSPS) is 12.6. The largest absolute Gasteiger partial charge is 0.334 e. The summed E-state index contributed by atoms with van der Waals surface area (Å²) in [7, 11) is 0. The average Bonchev–Trinajstić information content (AvgIpc) is 2.75. The highest BCUT2D eigenvalue weighted by Crippen LogP contribution is 2.15. The van der Waals surface area contributed by atoms with Crippen LogP contribution in [0.2, 0.25) is 0 Å². The molecule has 1 atom stereocenters. The summed E-state index contributed by atoms with van der Waals surface area (Å²) in [5.41, 5.74) is 0.708. The number of nitrogens with one attached hydrogen (secondary N) is 1. The number of aromatic nitrogens is 2. The van der Waals surface area contributed by atoms with Crippen LogP contribution in [0.4, 0.5) is 4.39 Å². The summed E-state index contributed by atoms with van der Waals surface area (Å²) < 4.78 is 15.6. The number of halogens is 1. The second-order valence-electron chi connectivity index (χ2n) is 4.37. The predicted octanol–water partition coefficient (Wildman–Crippen LogP) is 2.68. The van der Waals surface area contributed by atoms with E-state index < -0.39 is 0 Å². The van der Waals surface area contributed by atoms with Crippen molar-refractivity contribution in [1.29, 1.82) is 0 Å². The van der Waals surface area contributed by atoms with Crippen molar-refractivity contribution in [2.75, 3.05) is 6.54 Å². The van der Waals surface area contributed by atoms with E-state index in [-0.39, 0.29) is 11.9 Å². The molecule has 1 unspecified atom stereocenters. The van der Waals surface area contributed by atoms with Gasteiger partial charge in [-0.1, -0.05) is 18.2 Å². The maximum Gasteiger partial charge on any atom is 0.127 e. The first kappa shape index (κ1) is 12.8. The highest BCUT2D eigenvalue weighted by atomic mass is 19.1. The van der Waals surface area contributed by atoms with Gasteiger partial charge in [0.05, 0.1) is 0 Å². The van der Waals surface area contributed by atoms with Gasteiger partial charge in [0.15, 0.2) is 0 Å². The standard InChI is InChI=1S/C14H18FN3/c1-11(13-5-3-4-6-14(13)15)16-7-9-18-10-8-17-12(18)2/h3-6,8,10-11,16H,7,9H2,1-2H3. The fourth-order valence-corrected chi connectivity index (χ4v) is 1.98. The highest BCUT2D eigenvalue weighted by Gasteiger charge is 2.09. The number of imidazole rings is 1. The molecule has 0 radical (unpaired) electrons. The Morgan fingerprint density at radius 2 is 2.17 bits per heavy atom. The minimum Gasteiger partial charge on any atom is -0.334 e. The van der Waals surface area contributed by atoms with Crippen LogP contribution in [0.1, 0.15) is 24.4 Å². The molecule has 0 saturated heterocycles. The molecule has 0 amide bonds. The van der Waals surface area contributed by atoms with Gasteiger partial charge in [0.2, 0.25) is 0 Å². The van der Waals surface area contributed by atoms with Gasteiger partial charge in [-0.2, -0.15) is 0 Å². The van der Waals surface area contributed by atoms with Gasteiger partial charge in [-0.25, -0.2) is 9.37 Å². The molecule has 18 heavy (non-hydrogen) atoms. The molecule has 1 aromatic heterocycles. The monoisotopic (exact) mass is 247 g/mol. The smallest absolute Gasteiger partial charge is 0.127 e. The minimum atomic E-state index is -0.156. The number of nitrogens with zero attached hydrogens (tertiary/aromatic N) is 2. The summed E-state index contributed by atoms with van der Waals surface area (Å²) in [6.45, 7) is 5.57. The molecule has 0 spiro atoms. The van der Waals surface area contributed by atoms with Gasteiger partial charge in [0.25, 0.3) is 0 Å². The maximum atomic E-state index is 13.5. The molecule has 1 aromatic carbocycles. The van der Waals surface area contributed by atoms with Crippen molar-refractivity contribution in [3.05, 3.63) is 53.9 Å². The first-order chi connectivity index (χ1) is 8.68. The van der Waals surface area contributed by atoms with Crippen LogP contribution in [0.5, 0.6) is 0 Å². The molecule has 1 heterocycles. The third-order valence-electron chi connectivity index (χ3n) is 3.10. The zero-order valence-corrected chi connectivity index (χ0v) is 10.7. The molecule has 96 valence electrons. The lowest BCUT2D eigenvalue weighted by Crippen LogP contribution is -2.24. The first-order valence-electron chi connectivity index (χ1n) is 6.14. The molecular formula is C14H18FN3. The second kappa shape index (κ2) is 5.78. The van der Waals surface area contributed by atoms with E-state index in [1.807, 2.05) is 32.2 Å². The van der Waals surface area contributed by atoms with E-state index in [1.54, 1.807) is 12.3 Å². The fraction of sp³-hybridized carbons (Fsp3) is 0.357. The molecule has 4 heteroatoms. The van der Waals surface area contributed by atoms with Crippen LogP contribution in [0.25, 0.3) is 0 Å². The Kier molecular flexibility index (Phi) is 4.10. The van der Waals surface area contributed by atoms with Crippen LogP contribution in [0.15, 0.2) is 36.7 Å². The third kappa shape index (κ3) is 2.96. The van der Waals surface area contributed by atoms with E-state index in [2.05, 4.69) is 14.9 Å². The Hall–Kier alpha value is -1.68. The van der Waals surface area contributed by atoms with Gasteiger partial charge in [-0.3, -0.25) is 0 Å². The van der Waals surface area contributed by atoms with E-state index >= 15 is 0 Å². The van der Waals surface area contributed by atoms with Crippen molar-refractivity contribution in [2.24, 2.45) is 0 Å². The van der Waals surface area contributed by atoms with Crippen LogP contribution >= 0.6 is 0 Å². The van der Waals surface area contributed by atoms with Crippen LogP contribution in [-0.2, 0) is 6.54 Å². The van der Waals surface area contributed by atoms with Gasteiger partial charge in [0, 0.05) is 37.1 Å². The maximum absolute atomic E-state index is 13.5. The summed E-state index contributed by atoms with van der Waals surface area (Å²) in [6.07, 6.45) is 3.74. The van der Waals surface area contributed by atoms with Gasteiger partial charge in [0.1, 0.15) is 11.6 Å². The number of benzene rings is 1. The molecule has 0 aliphatic carbocycles. The topological polar surface area (TPSA) is 29.9 Å². The molecule has 0 bridgehead atoms. The fourth-order valence-electron chi connectivity index (χ4n) is 1.98. The zero-order valence-electron chi connectivity index (χ0n) is 10.7. The summed E-state index contributed by atoms with van der Waals surface area (Å²) in [5, 5.41) is 3.32. The summed E-state index contributed by atoms with van der Waals surface area (Å²) in [4.78, 5) is 4.16. The van der Waals surface area contributed by atoms with E-state index in [0.717, 1.165) is 18.9 Å². The summed E-state index contributed by atoms with van der Waals surface area (Å²) >= 11 is 0. The summed E-state index contributed by atoms with van der Waals surface area (Å²) in [5.74, 6) is 0.839. The molecule has 0 fully saturated rings. The number of aryl methyl sites for hydroxylation is 1. The Morgan fingerprint density at radius 1 is 1.39 bits per heavy atom. The van der Waals surface area contributed by atoms with E-state index in [0.29, 0.717) is 5.56 Å². The molecule has 2 aromatic rings. The number of hydrogen-bond donors (Lipinski definition) is 1. The SMILES string of the molecule is Cc1nccn1CCNC(C)c1ccccc1F.